The van der Waals surface area contributed by atoms with Gasteiger partial charge in [0.05, 0.1) is 0 Å². The lowest BCUT2D eigenvalue weighted by Crippen LogP contribution is -2.41. The number of hydrogen-bond acceptors (Lipinski definition) is 2. The molecular weight excluding hydrogens is 178 g/mol. The van der Waals surface area contributed by atoms with Crippen LogP contribution in [-0.2, 0) is 0 Å². The number of pyridine rings is 2. The third kappa shape index (κ3) is 1.98. The maximum Gasteiger partial charge on any atom is 0.199 e. The van der Waals surface area contributed by atoms with E-state index in [-0.39, 0.29) is 0 Å². The summed E-state index contributed by atoms with van der Waals surface area (Å²) < 4.78 is 2.56. The van der Waals surface area contributed by atoms with E-state index in [1.807, 2.05) is 35.3 Å². The smallest absolute Gasteiger partial charge is 0.199 e. The molecule has 14 heavy (non-hydrogen) atoms. The zero-order chi connectivity index (χ0) is 9.80. The van der Waals surface area contributed by atoms with Crippen LogP contribution in [0.2, 0.25) is 0 Å². The molecule has 0 aliphatic rings. The van der Waals surface area contributed by atoms with Crippen molar-refractivity contribution in [1.29, 1.82) is 0 Å². The summed E-state index contributed by atoms with van der Waals surface area (Å²) in [6.07, 6.45) is 6.67. The maximum atomic E-state index is 10.8. The molecule has 0 atom stereocenters. The van der Waals surface area contributed by atoms with Gasteiger partial charge >= 0.3 is 0 Å². The second kappa shape index (κ2) is 3.74. The fraction of sp³-hybridized carbons (Fsp3) is 0. The predicted molar refractivity (Wildman–Crippen MR) is 51.1 cm³/mol. The van der Waals surface area contributed by atoms with Crippen LogP contribution in [0.15, 0.2) is 55.1 Å². The summed E-state index contributed by atoms with van der Waals surface area (Å²) in [5.74, 6) is 0. The molecule has 0 aromatic carbocycles. The molecule has 1 N–H and O–H groups in total. The van der Waals surface area contributed by atoms with E-state index in [2.05, 4.69) is 5.43 Å². The Hall–Kier alpha value is -2.10. The van der Waals surface area contributed by atoms with E-state index >= 15 is 0 Å². The van der Waals surface area contributed by atoms with Crippen LogP contribution in [0.4, 0.5) is 5.69 Å². The quantitative estimate of drug-likeness (QED) is 0.550. The first-order valence-corrected chi connectivity index (χ1v) is 4.27. The van der Waals surface area contributed by atoms with Gasteiger partial charge in [-0.3, -0.25) is 0 Å². The minimum atomic E-state index is 0.751. The first kappa shape index (κ1) is 8.50. The van der Waals surface area contributed by atoms with Crippen LogP contribution in [0.25, 0.3) is 0 Å². The number of hydrogen-bond donors (Lipinski definition) is 1. The zero-order valence-electron chi connectivity index (χ0n) is 7.50. The first-order valence-electron chi connectivity index (χ1n) is 4.27. The second-order valence-corrected chi connectivity index (χ2v) is 2.84. The van der Waals surface area contributed by atoms with Gasteiger partial charge in [-0.1, -0.05) is 10.7 Å². The van der Waals surface area contributed by atoms with Gasteiger partial charge in [-0.2, -0.15) is 10.2 Å². The van der Waals surface area contributed by atoms with E-state index < -0.39 is 0 Å². The third-order valence-electron chi connectivity index (χ3n) is 1.78. The lowest BCUT2D eigenvalue weighted by atomic mass is 10.4. The van der Waals surface area contributed by atoms with E-state index in [1.54, 1.807) is 12.1 Å². The summed E-state index contributed by atoms with van der Waals surface area (Å²) >= 11 is 0. The van der Waals surface area contributed by atoms with Gasteiger partial charge in [-0.25, -0.2) is 0 Å². The van der Waals surface area contributed by atoms with E-state index in [9.17, 15) is 5.21 Å². The Labute approximate surface area is 81.6 Å². The van der Waals surface area contributed by atoms with Crippen molar-refractivity contribution in [2.45, 2.75) is 0 Å². The molecule has 2 rings (SSSR count). The molecule has 0 aliphatic carbocycles. The average molecular weight is 188 g/mol. The highest BCUT2D eigenvalue weighted by Crippen LogP contribution is 1.99. The Balaban J connectivity index is 2.16. The van der Waals surface area contributed by atoms with Crippen LogP contribution >= 0.6 is 0 Å². The van der Waals surface area contributed by atoms with Gasteiger partial charge in [0.25, 0.3) is 0 Å². The first-order chi connectivity index (χ1) is 6.84. The average Bonchev–Trinajstić information content (AvgIpc) is 2.23. The van der Waals surface area contributed by atoms with Gasteiger partial charge in [0.2, 0.25) is 0 Å². The van der Waals surface area contributed by atoms with Gasteiger partial charge in [-0.15, -0.1) is 0 Å². The summed E-state index contributed by atoms with van der Waals surface area (Å²) in [7, 11) is 0. The highest BCUT2D eigenvalue weighted by Gasteiger charge is 1.99. The molecule has 0 fully saturated rings. The molecule has 4 nitrogen and oxygen atoms in total. The topological polar surface area (TPSA) is 42.9 Å². The summed E-state index contributed by atoms with van der Waals surface area (Å²) in [6, 6.07) is 9.21. The van der Waals surface area contributed by atoms with Crippen molar-refractivity contribution in [2.75, 3.05) is 5.43 Å². The van der Waals surface area contributed by atoms with Gasteiger partial charge in [-0.05, 0) is 0 Å². The molecule has 0 bridgehead atoms. The Kier molecular flexibility index (Phi) is 2.27. The molecular formula is C10H10N3O+. The Bertz CT molecular complexity index is 399. The molecule has 0 saturated heterocycles. The summed E-state index contributed by atoms with van der Waals surface area (Å²) in [6.45, 7) is 0. The van der Waals surface area contributed by atoms with Crippen molar-refractivity contribution in [1.82, 2.24) is 0 Å². The summed E-state index contributed by atoms with van der Waals surface area (Å²) in [5, 5.41) is 10.8. The lowest BCUT2D eigenvalue weighted by Gasteiger charge is -1.99. The predicted octanol–water partition coefficient (Wildman–Crippen LogP) is 0.483. The number of nitrogens with zero attached hydrogens (tertiary/aromatic N) is 2. The van der Waals surface area contributed by atoms with Crippen LogP contribution in [0, 0.1) is 5.21 Å². The second-order valence-electron chi connectivity index (χ2n) is 2.84. The fourth-order valence-electron chi connectivity index (χ4n) is 1.11. The molecule has 2 aromatic rings. The number of aromatic nitrogens is 2. The van der Waals surface area contributed by atoms with E-state index in [0.29, 0.717) is 0 Å². The van der Waals surface area contributed by atoms with Crippen molar-refractivity contribution in [3.05, 3.63) is 60.3 Å². The number of anilines is 1. The van der Waals surface area contributed by atoms with Crippen molar-refractivity contribution < 1.29 is 9.41 Å². The van der Waals surface area contributed by atoms with E-state index in [0.717, 1.165) is 10.4 Å². The fourth-order valence-corrected chi connectivity index (χ4v) is 1.11. The molecule has 0 aliphatic heterocycles. The Morgan fingerprint density at radius 3 is 2.21 bits per heavy atom. The molecule has 0 saturated carbocycles. The molecule has 0 amide bonds. The third-order valence-corrected chi connectivity index (χ3v) is 1.78. The van der Waals surface area contributed by atoms with Crippen LogP contribution in [0.1, 0.15) is 0 Å². The lowest BCUT2D eigenvalue weighted by molar-refractivity contribution is -0.643. The summed E-state index contributed by atoms with van der Waals surface area (Å²) in [5.41, 5.74) is 3.96. The number of rotatable bonds is 2. The molecule has 0 spiro atoms. The standard InChI is InChI=1S/C10H10N3O/c14-13-8-4-10(5-9-13)11-12-6-2-1-3-7-12/h1-9,11H/q+1. The Morgan fingerprint density at radius 2 is 1.57 bits per heavy atom. The summed E-state index contributed by atoms with van der Waals surface area (Å²) in [4.78, 5) is 0. The van der Waals surface area contributed by atoms with E-state index in [1.165, 1.54) is 12.4 Å². The Morgan fingerprint density at radius 1 is 0.929 bits per heavy atom. The van der Waals surface area contributed by atoms with Gasteiger partial charge in [0.15, 0.2) is 24.8 Å². The minimum absolute atomic E-state index is 0.751. The van der Waals surface area contributed by atoms with Crippen molar-refractivity contribution in [3.8, 4) is 0 Å². The van der Waals surface area contributed by atoms with Crippen LogP contribution in [-0.4, -0.2) is 0 Å². The normalized spacial score (nSPS) is 9.71. The van der Waals surface area contributed by atoms with Crippen LogP contribution in [0.5, 0.6) is 0 Å². The zero-order valence-corrected chi connectivity index (χ0v) is 7.50. The molecule has 0 unspecified atom stereocenters. The SMILES string of the molecule is [O-][n+]1ccc(N[n+]2ccccc2)cc1. The van der Waals surface area contributed by atoms with Crippen molar-refractivity contribution in [2.24, 2.45) is 0 Å². The van der Waals surface area contributed by atoms with Crippen LogP contribution in [0.3, 0.4) is 0 Å². The highest BCUT2D eigenvalue weighted by molar-refractivity contribution is 5.36. The van der Waals surface area contributed by atoms with Crippen molar-refractivity contribution in [3.63, 3.8) is 0 Å². The van der Waals surface area contributed by atoms with Gasteiger partial charge < -0.3 is 5.21 Å². The van der Waals surface area contributed by atoms with Gasteiger partial charge in [0.1, 0.15) is 5.69 Å². The molecule has 4 heteroatoms. The largest absolute Gasteiger partial charge is 0.619 e. The van der Waals surface area contributed by atoms with Crippen molar-refractivity contribution >= 4 is 5.69 Å². The molecule has 0 radical (unpaired) electrons. The maximum absolute atomic E-state index is 10.8. The number of nitrogens with one attached hydrogen (secondary N) is 1. The molecule has 2 heterocycles. The minimum Gasteiger partial charge on any atom is -0.619 e. The molecule has 2 aromatic heterocycles. The van der Waals surface area contributed by atoms with Crippen LogP contribution < -0.4 is 14.8 Å². The monoisotopic (exact) mass is 188 g/mol. The van der Waals surface area contributed by atoms with E-state index in [4.69, 9.17) is 0 Å². The molecule has 70 valence electrons. The highest BCUT2D eigenvalue weighted by atomic mass is 16.5. The van der Waals surface area contributed by atoms with Gasteiger partial charge in [0, 0.05) is 24.3 Å².